The third-order valence-corrected chi connectivity index (χ3v) is 6.57. The Hall–Kier alpha value is -2.53. The Morgan fingerprint density at radius 2 is 1.91 bits per heavy atom. The number of methoxy groups -OCH3 is 1. The summed E-state index contributed by atoms with van der Waals surface area (Å²) in [5.41, 5.74) is -0.400. The van der Waals surface area contributed by atoms with Crippen molar-refractivity contribution in [2.45, 2.75) is 19.6 Å². The Morgan fingerprint density at radius 3 is 2.42 bits per heavy atom. The second-order valence-electron chi connectivity index (χ2n) is 7.22. The van der Waals surface area contributed by atoms with Crippen molar-refractivity contribution >= 4 is 51.6 Å². The normalized spacial score (nSPS) is 14.2. The molecule has 1 aliphatic heterocycles. The first-order valence-electron chi connectivity index (χ1n) is 9.62. The van der Waals surface area contributed by atoms with Gasteiger partial charge in [-0.25, -0.2) is 0 Å². The molecule has 0 aliphatic carbocycles. The molecule has 0 unspecified atom stereocenters. The summed E-state index contributed by atoms with van der Waals surface area (Å²) < 4.78 is 46.0. The molecular formula is C20H18ClF3IN5O3. The monoisotopic (exact) mass is 595 g/mol. The van der Waals surface area contributed by atoms with Crippen LogP contribution in [0.15, 0.2) is 12.1 Å². The van der Waals surface area contributed by atoms with Crippen LogP contribution in [-0.4, -0.2) is 59.7 Å². The number of carbonyl (C=O) groups excluding carboxylic acids is 2. The standard InChI is InChI=1S/C20H18ClF3IN5O3/c1-11-18(21)19(20(22,23)24)27-30(11)10-17(32)29-5-3-28(4-6-29)14-8-16(33-2)13(25)7-12(14)15(31)9-26/h7-8H,3-6,10H2,1-2H3. The number of benzene rings is 1. The van der Waals surface area contributed by atoms with E-state index in [-0.39, 0.29) is 30.9 Å². The van der Waals surface area contributed by atoms with Crippen LogP contribution in [0.2, 0.25) is 5.02 Å². The van der Waals surface area contributed by atoms with Crippen molar-refractivity contribution in [3.8, 4) is 11.8 Å². The molecule has 3 rings (SSSR count). The maximum absolute atomic E-state index is 13.0. The first-order valence-corrected chi connectivity index (χ1v) is 11.1. The first kappa shape index (κ1) is 25.1. The highest BCUT2D eigenvalue weighted by molar-refractivity contribution is 14.1. The van der Waals surface area contributed by atoms with E-state index in [1.165, 1.54) is 18.9 Å². The average molecular weight is 596 g/mol. The molecular weight excluding hydrogens is 578 g/mol. The van der Waals surface area contributed by atoms with Crippen LogP contribution < -0.4 is 9.64 Å². The maximum Gasteiger partial charge on any atom is 0.436 e. The molecule has 1 aliphatic rings. The number of alkyl halides is 3. The molecule has 33 heavy (non-hydrogen) atoms. The smallest absolute Gasteiger partial charge is 0.436 e. The van der Waals surface area contributed by atoms with Gasteiger partial charge in [-0.1, -0.05) is 11.6 Å². The van der Waals surface area contributed by atoms with Crippen molar-refractivity contribution < 1.29 is 27.5 Å². The van der Waals surface area contributed by atoms with E-state index in [9.17, 15) is 22.8 Å². The second-order valence-corrected chi connectivity index (χ2v) is 8.76. The Balaban J connectivity index is 1.74. The van der Waals surface area contributed by atoms with Crippen LogP contribution in [-0.2, 0) is 17.5 Å². The minimum absolute atomic E-state index is 0.0571. The van der Waals surface area contributed by atoms with E-state index in [2.05, 4.69) is 5.10 Å². The van der Waals surface area contributed by atoms with E-state index < -0.39 is 28.6 Å². The summed E-state index contributed by atoms with van der Waals surface area (Å²) in [4.78, 5) is 28.2. The molecule has 0 spiro atoms. The number of hydrogen-bond donors (Lipinski definition) is 0. The van der Waals surface area contributed by atoms with E-state index in [1.807, 2.05) is 27.5 Å². The van der Waals surface area contributed by atoms with Crippen LogP contribution in [0.1, 0.15) is 21.7 Å². The van der Waals surface area contributed by atoms with Gasteiger partial charge in [0.1, 0.15) is 18.4 Å². The van der Waals surface area contributed by atoms with E-state index in [4.69, 9.17) is 21.6 Å². The number of aromatic nitrogens is 2. The minimum Gasteiger partial charge on any atom is -0.496 e. The topological polar surface area (TPSA) is 91.5 Å². The number of ether oxygens (including phenoxy) is 1. The van der Waals surface area contributed by atoms with Gasteiger partial charge in [0.05, 0.1) is 32.6 Å². The van der Waals surface area contributed by atoms with Crippen LogP contribution in [0.4, 0.5) is 18.9 Å². The lowest BCUT2D eigenvalue weighted by Crippen LogP contribution is -2.50. The summed E-state index contributed by atoms with van der Waals surface area (Å²) >= 11 is 7.76. The molecule has 1 aromatic carbocycles. The molecule has 1 fully saturated rings. The van der Waals surface area contributed by atoms with E-state index >= 15 is 0 Å². The maximum atomic E-state index is 13.0. The van der Waals surface area contributed by atoms with Gasteiger partial charge in [-0.3, -0.25) is 14.3 Å². The zero-order valence-corrected chi connectivity index (χ0v) is 20.5. The van der Waals surface area contributed by atoms with E-state index in [1.54, 1.807) is 18.2 Å². The Labute approximate surface area is 206 Å². The molecule has 0 N–H and O–H groups in total. The van der Waals surface area contributed by atoms with Crippen molar-refractivity contribution in [1.82, 2.24) is 14.7 Å². The molecule has 1 amide bonds. The van der Waals surface area contributed by atoms with E-state index in [0.29, 0.717) is 28.1 Å². The summed E-state index contributed by atoms with van der Waals surface area (Å²) in [6, 6.07) is 4.89. The fourth-order valence-corrected chi connectivity index (χ4v) is 4.42. The molecule has 2 aromatic rings. The van der Waals surface area contributed by atoms with Gasteiger partial charge in [-0.2, -0.15) is 23.5 Å². The quantitative estimate of drug-likeness (QED) is 0.299. The third kappa shape index (κ3) is 5.19. The molecule has 13 heteroatoms. The van der Waals surface area contributed by atoms with E-state index in [0.717, 1.165) is 4.68 Å². The summed E-state index contributed by atoms with van der Waals surface area (Å²) in [7, 11) is 1.50. The molecule has 0 bridgehead atoms. The molecule has 0 saturated carbocycles. The minimum atomic E-state index is -4.71. The van der Waals surface area contributed by atoms with Gasteiger partial charge in [0.2, 0.25) is 5.91 Å². The Kier molecular flexibility index (Phi) is 7.42. The van der Waals surface area contributed by atoms with Gasteiger partial charge < -0.3 is 14.5 Å². The first-order chi connectivity index (χ1) is 15.5. The largest absolute Gasteiger partial charge is 0.496 e. The van der Waals surface area contributed by atoms with Crippen LogP contribution in [0.3, 0.4) is 0 Å². The number of halogens is 5. The second kappa shape index (κ2) is 9.76. The van der Waals surface area contributed by atoms with Gasteiger partial charge in [0.15, 0.2) is 5.69 Å². The van der Waals surface area contributed by atoms with Crippen molar-refractivity contribution in [3.05, 3.63) is 37.7 Å². The summed E-state index contributed by atoms with van der Waals surface area (Å²) in [5, 5.41) is 12.0. The Morgan fingerprint density at radius 1 is 1.27 bits per heavy atom. The molecule has 0 atom stereocenters. The molecule has 1 aromatic heterocycles. The number of ketones is 1. The molecule has 0 radical (unpaired) electrons. The summed E-state index contributed by atoms with van der Waals surface area (Å²) in [5.74, 6) is -0.542. The number of carbonyl (C=O) groups is 2. The fraction of sp³-hybridized carbons (Fsp3) is 0.400. The zero-order chi connectivity index (χ0) is 24.5. The lowest BCUT2D eigenvalue weighted by Gasteiger charge is -2.37. The van der Waals surface area contributed by atoms with Gasteiger partial charge in [0.25, 0.3) is 5.78 Å². The number of hydrogen-bond acceptors (Lipinski definition) is 6. The van der Waals surface area contributed by atoms with Crippen molar-refractivity contribution in [2.24, 2.45) is 0 Å². The molecule has 2 heterocycles. The zero-order valence-electron chi connectivity index (χ0n) is 17.5. The number of anilines is 1. The average Bonchev–Trinajstić information content (AvgIpc) is 3.07. The highest BCUT2D eigenvalue weighted by Crippen LogP contribution is 2.35. The predicted octanol–water partition coefficient (Wildman–Crippen LogP) is 3.53. The van der Waals surface area contributed by atoms with Crippen LogP contribution in [0.5, 0.6) is 5.75 Å². The fourth-order valence-electron chi connectivity index (χ4n) is 3.49. The number of amides is 1. The van der Waals surface area contributed by atoms with Crippen LogP contribution >= 0.6 is 34.2 Å². The number of nitrogens with zero attached hydrogens (tertiary/aromatic N) is 5. The highest BCUT2D eigenvalue weighted by atomic mass is 127. The van der Waals surface area contributed by atoms with Crippen LogP contribution in [0.25, 0.3) is 0 Å². The molecule has 176 valence electrons. The van der Waals surface area contributed by atoms with Gasteiger partial charge >= 0.3 is 6.18 Å². The number of piperazine rings is 1. The van der Waals surface area contributed by atoms with Crippen molar-refractivity contribution in [2.75, 3.05) is 38.2 Å². The van der Waals surface area contributed by atoms with Gasteiger partial charge in [-0.15, -0.1) is 0 Å². The SMILES string of the molecule is COc1cc(N2CCN(C(=O)Cn3nc(C(F)(F)F)c(Cl)c3C)CC2)c(C(=O)C#N)cc1I. The summed E-state index contributed by atoms with van der Waals surface area (Å²) in [6.45, 7) is 2.24. The molecule has 8 nitrogen and oxygen atoms in total. The van der Waals surface area contributed by atoms with Gasteiger partial charge in [-0.05, 0) is 35.6 Å². The van der Waals surface area contributed by atoms with Gasteiger partial charge in [0, 0.05) is 32.2 Å². The highest BCUT2D eigenvalue weighted by Gasteiger charge is 2.38. The summed E-state index contributed by atoms with van der Waals surface area (Å²) in [6.07, 6.45) is -4.71. The molecule has 1 saturated heterocycles. The predicted molar refractivity (Wildman–Crippen MR) is 121 cm³/mol. The van der Waals surface area contributed by atoms with Crippen LogP contribution in [0, 0.1) is 21.8 Å². The number of nitriles is 1. The van der Waals surface area contributed by atoms with Crippen molar-refractivity contribution in [3.63, 3.8) is 0 Å². The van der Waals surface area contributed by atoms with Crippen molar-refractivity contribution in [1.29, 1.82) is 5.26 Å². The number of Topliss-reactive ketones (excluding diaryl/α,β-unsaturated/α-hetero) is 1. The lowest BCUT2D eigenvalue weighted by molar-refractivity contribution is -0.142. The third-order valence-electron chi connectivity index (χ3n) is 5.28. The lowest BCUT2D eigenvalue weighted by atomic mass is 10.1. The Bertz CT molecular complexity index is 1140. The number of rotatable bonds is 5.